The summed E-state index contributed by atoms with van der Waals surface area (Å²) < 4.78 is 4.58. The lowest BCUT2D eigenvalue weighted by Gasteiger charge is -2.36. The first-order valence-corrected chi connectivity index (χ1v) is 6.72. The van der Waals surface area contributed by atoms with Crippen molar-refractivity contribution in [2.75, 3.05) is 26.7 Å². The summed E-state index contributed by atoms with van der Waals surface area (Å²) in [5, 5.41) is 9.04. The number of hydrogen-bond acceptors (Lipinski definition) is 4. The van der Waals surface area contributed by atoms with Gasteiger partial charge in [-0.25, -0.2) is 4.79 Å². The van der Waals surface area contributed by atoms with Crippen LogP contribution in [0.25, 0.3) is 0 Å². The van der Waals surface area contributed by atoms with Crippen molar-refractivity contribution in [2.45, 2.75) is 32.7 Å². The first kappa shape index (κ1) is 16.3. The number of hydrogen-bond donors (Lipinski definition) is 1. The number of amides is 2. The number of carbonyl (C=O) groups is 3. The van der Waals surface area contributed by atoms with E-state index in [-0.39, 0.29) is 25.2 Å². The number of ether oxygens (including phenoxy) is 1. The van der Waals surface area contributed by atoms with Gasteiger partial charge in [-0.05, 0) is 26.7 Å². The van der Waals surface area contributed by atoms with E-state index in [9.17, 15) is 14.4 Å². The lowest BCUT2D eigenvalue weighted by molar-refractivity contribution is -0.144. The second-order valence-corrected chi connectivity index (χ2v) is 5.20. The number of nitrogens with zero attached hydrogens (tertiary/aromatic N) is 2. The van der Waals surface area contributed by atoms with E-state index in [4.69, 9.17) is 5.11 Å². The number of aliphatic carboxylic acids is 1. The summed E-state index contributed by atoms with van der Waals surface area (Å²) in [5.74, 6) is -1.90. The maximum Gasteiger partial charge on any atom is 0.325 e. The average molecular weight is 286 g/mol. The third-order valence-electron chi connectivity index (χ3n) is 3.44. The molecule has 1 rings (SSSR count). The van der Waals surface area contributed by atoms with Crippen molar-refractivity contribution in [3.63, 3.8) is 0 Å². The van der Waals surface area contributed by atoms with Gasteiger partial charge in [0.1, 0.15) is 6.54 Å². The Labute approximate surface area is 118 Å². The molecule has 2 amide bonds. The molecule has 0 spiro atoms. The minimum atomic E-state index is -0.883. The molecule has 0 aromatic carbocycles. The molecule has 7 nitrogen and oxygen atoms in total. The van der Waals surface area contributed by atoms with Crippen LogP contribution in [0.2, 0.25) is 0 Å². The molecule has 1 heterocycles. The van der Waals surface area contributed by atoms with E-state index < -0.39 is 17.9 Å². The molecule has 0 radical (unpaired) electrons. The number of piperidine rings is 1. The van der Waals surface area contributed by atoms with Gasteiger partial charge in [-0.15, -0.1) is 0 Å². The molecule has 0 aliphatic carbocycles. The standard InChI is InChI=1S/C13H22N2O5/c1-9(2)15(8-11(16)20-3)13(19)14-6-4-5-10(7-14)12(17)18/h9-10H,4-8H2,1-3H3,(H,17,18)/t10-/m1/s1. The van der Waals surface area contributed by atoms with Crippen LogP contribution in [0.1, 0.15) is 26.7 Å². The number of rotatable bonds is 4. The molecule has 1 fully saturated rings. The number of urea groups is 1. The highest BCUT2D eigenvalue weighted by Crippen LogP contribution is 2.18. The van der Waals surface area contributed by atoms with E-state index in [0.717, 1.165) is 0 Å². The maximum absolute atomic E-state index is 12.4. The van der Waals surface area contributed by atoms with Crippen molar-refractivity contribution in [3.05, 3.63) is 0 Å². The molecule has 1 aliphatic rings. The number of carboxylic acids is 1. The van der Waals surface area contributed by atoms with Crippen molar-refractivity contribution >= 4 is 18.0 Å². The Morgan fingerprint density at radius 2 is 2.05 bits per heavy atom. The highest BCUT2D eigenvalue weighted by atomic mass is 16.5. The molecule has 114 valence electrons. The van der Waals surface area contributed by atoms with Crippen LogP contribution in [0.15, 0.2) is 0 Å². The lowest BCUT2D eigenvalue weighted by atomic mass is 9.98. The van der Waals surface area contributed by atoms with Crippen molar-refractivity contribution in [3.8, 4) is 0 Å². The van der Waals surface area contributed by atoms with Crippen LogP contribution in [0.5, 0.6) is 0 Å². The molecule has 20 heavy (non-hydrogen) atoms. The Kier molecular flexibility index (Phi) is 5.79. The molecule has 0 bridgehead atoms. The summed E-state index contributed by atoms with van der Waals surface area (Å²) in [6, 6.07) is -0.469. The average Bonchev–Trinajstić information content (AvgIpc) is 2.43. The summed E-state index contributed by atoms with van der Waals surface area (Å²) in [6.07, 6.45) is 1.24. The fourth-order valence-electron chi connectivity index (χ4n) is 2.21. The normalized spacial score (nSPS) is 18.8. The van der Waals surface area contributed by atoms with Crippen LogP contribution in [0.4, 0.5) is 4.79 Å². The van der Waals surface area contributed by atoms with E-state index in [1.807, 2.05) is 0 Å². The number of carboxylic acid groups (broad SMARTS) is 1. The predicted octanol–water partition coefficient (Wildman–Crippen LogP) is 0.786. The van der Waals surface area contributed by atoms with Gasteiger partial charge in [-0.2, -0.15) is 0 Å². The molecular weight excluding hydrogens is 264 g/mol. The zero-order valence-corrected chi connectivity index (χ0v) is 12.2. The van der Waals surface area contributed by atoms with Gasteiger partial charge in [0.25, 0.3) is 0 Å². The molecule has 1 N–H and O–H groups in total. The van der Waals surface area contributed by atoms with Crippen LogP contribution in [-0.4, -0.2) is 65.7 Å². The number of methoxy groups -OCH3 is 1. The summed E-state index contributed by atoms with van der Waals surface area (Å²) in [6.45, 7) is 4.20. The Balaban J connectivity index is 2.73. The minimum absolute atomic E-state index is 0.124. The Morgan fingerprint density at radius 1 is 1.40 bits per heavy atom. The predicted molar refractivity (Wildman–Crippen MR) is 71.2 cm³/mol. The Morgan fingerprint density at radius 3 is 2.55 bits per heavy atom. The lowest BCUT2D eigenvalue weighted by Crippen LogP contribution is -2.52. The van der Waals surface area contributed by atoms with E-state index in [2.05, 4.69) is 4.74 Å². The Hall–Kier alpha value is -1.79. The van der Waals surface area contributed by atoms with E-state index in [0.29, 0.717) is 19.4 Å². The number of carbonyl (C=O) groups excluding carboxylic acids is 2. The maximum atomic E-state index is 12.4. The van der Waals surface area contributed by atoms with Gasteiger partial charge in [-0.3, -0.25) is 9.59 Å². The van der Waals surface area contributed by atoms with Crippen LogP contribution in [-0.2, 0) is 14.3 Å². The zero-order valence-electron chi connectivity index (χ0n) is 12.2. The highest BCUT2D eigenvalue weighted by molar-refractivity contribution is 5.82. The molecule has 1 aliphatic heterocycles. The van der Waals surface area contributed by atoms with Crippen molar-refractivity contribution in [1.82, 2.24) is 9.80 Å². The zero-order chi connectivity index (χ0) is 15.3. The fourth-order valence-corrected chi connectivity index (χ4v) is 2.21. The van der Waals surface area contributed by atoms with Gasteiger partial charge < -0.3 is 19.6 Å². The van der Waals surface area contributed by atoms with Crippen molar-refractivity contribution in [2.24, 2.45) is 5.92 Å². The van der Waals surface area contributed by atoms with Gasteiger partial charge in [0, 0.05) is 19.1 Å². The quantitative estimate of drug-likeness (QED) is 0.772. The van der Waals surface area contributed by atoms with Crippen LogP contribution >= 0.6 is 0 Å². The topological polar surface area (TPSA) is 87.2 Å². The van der Waals surface area contributed by atoms with Gasteiger partial charge >= 0.3 is 18.0 Å². The largest absolute Gasteiger partial charge is 0.481 e. The molecule has 0 saturated carbocycles. The van der Waals surface area contributed by atoms with Crippen LogP contribution < -0.4 is 0 Å². The van der Waals surface area contributed by atoms with Crippen LogP contribution in [0, 0.1) is 5.92 Å². The minimum Gasteiger partial charge on any atom is -0.481 e. The fraction of sp³-hybridized carbons (Fsp3) is 0.769. The highest BCUT2D eigenvalue weighted by Gasteiger charge is 2.32. The molecule has 1 atom stereocenters. The van der Waals surface area contributed by atoms with Crippen molar-refractivity contribution < 1.29 is 24.2 Å². The monoisotopic (exact) mass is 286 g/mol. The molecular formula is C13H22N2O5. The van der Waals surface area contributed by atoms with E-state index in [1.165, 1.54) is 16.9 Å². The summed E-state index contributed by atoms with van der Waals surface area (Å²) >= 11 is 0. The van der Waals surface area contributed by atoms with Gasteiger partial charge in [0.05, 0.1) is 13.0 Å². The third-order valence-corrected chi connectivity index (χ3v) is 3.44. The van der Waals surface area contributed by atoms with Gasteiger partial charge in [-0.1, -0.05) is 0 Å². The summed E-state index contributed by atoms with van der Waals surface area (Å²) in [4.78, 5) is 37.7. The van der Waals surface area contributed by atoms with Gasteiger partial charge in [0.2, 0.25) is 0 Å². The van der Waals surface area contributed by atoms with E-state index >= 15 is 0 Å². The van der Waals surface area contributed by atoms with Gasteiger partial charge in [0.15, 0.2) is 0 Å². The SMILES string of the molecule is COC(=O)CN(C(=O)N1CCC[C@@H](C(=O)O)C1)C(C)C. The van der Waals surface area contributed by atoms with E-state index in [1.54, 1.807) is 13.8 Å². The summed E-state index contributed by atoms with van der Waals surface area (Å²) in [5.41, 5.74) is 0. The second kappa shape index (κ2) is 7.12. The second-order valence-electron chi connectivity index (χ2n) is 5.20. The molecule has 1 saturated heterocycles. The first-order chi connectivity index (χ1) is 9.36. The van der Waals surface area contributed by atoms with Crippen LogP contribution in [0.3, 0.4) is 0 Å². The third kappa shape index (κ3) is 4.11. The first-order valence-electron chi connectivity index (χ1n) is 6.72. The smallest absolute Gasteiger partial charge is 0.325 e. The number of likely N-dealkylation sites (tertiary alicyclic amines) is 1. The van der Waals surface area contributed by atoms with Crippen molar-refractivity contribution in [1.29, 1.82) is 0 Å². The molecule has 0 aromatic heterocycles. The molecule has 0 unspecified atom stereocenters. The molecule has 7 heteroatoms. The molecule has 0 aromatic rings. The summed E-state index contributed by atoms with van der Waals surface area (Å²) in [7, 11) is 1.27. The Bertz CT molecular complexity index is 383. The number of esters is 1.